The number of rotatable bonds is 46. The van der Waals surface area contributed by atoms with E-state index in [1.165, 1.54) is 10.6 Å². The van der Waals surface area contributed by atoms with Crippen LogP contribution in [0.5, 0.6) is 0 Å². The Kier molecular flexibility index (Phi) is 31.0. The maximum absolute atomic E-state index is 15.5. The predicted molar refractivity (Wildman–Crippen MR) is 356 cm³/mol. The highest BCUT2D eigenvalue weighted by atomic mass is 19.1. The maximum Gasteiger partial charge on any atom is 0.407 e. The number of hydrogen-bond acceptors (Lipinski definition) is 21. The number of aromatic nitrogens is 2. The Balaban J connectivity index is 0.733. The van der Waals surface area contributed by atoms with Gasteiger partial charge in [0.25, 0.3) is 5.56 Å². The highest BCUT2D eigenvalue weighted by Crippen LogP contribution is 2.46. The van der Waals surface area contributed by atoms with Crippen molar-refractivity contribution in [1.82, 2.24) is 30.8 Å². The Labute approximate surface area is 568 Å². The average molecular weight is 1370 g/mol. The molecule has 0 saturated carbocycles. The number of hydrogen-bond donors (Lipinski definition) is 6. The molecule has 0 fully saturated rings. The second-order valence-corrected chi connectivity index (χ2v) is 23.5. The van der Waals surface area contributed by atoms with Crippen molar-refractivity contribution >= 4 is 46.4 Å². The minimum Gasteiger partial charge on any atom is -0.458 e. The first-order chi connectivity index (χ1) is 47.7. The number of unbranched alkanes of at least 4 members (excludes halogenated alkanes) is 1. The van der Waals surface area contributed by atoms with E-state index in [4.69, 9.17) is 62.6 Å². The molecule has 8 rings (SSSR count). The number of nitrogens with one attached hydrogen (secondary N) is 5. The van der Waals surface area contributed by atoms with Crippen molar-refractivity contribution in [3.05, 3.63) is 138 Å². The van der Waals surface area contributed by atoms with Gasteiger partial charge in [-0.3, -0.25) is 19.2 Å². The molecule has 2 aromatic heterocycles. The zero-order valence-electron chi connectivity index (χ0n) is 56.0. The van der Waals surface area contributed by atoms with Crippen LogP contribution in [0, 0.1) is 12.7 Å². The molecule has 1 aliphatic carbocycles. The fraction of sp³-hybridized carbons (Fsp3) is 0.551. The van der Waals surface area contributed by atoms with E-state index in [1.54, 1.807) is 44.2 Å². The molecule has 0 unspecified atom stereocenters. The van der Waals surface area contributed by atoms with Gasteiger partial charge in [-0.05, 0) is 111 Å². The number of anilines is 1. The largest absolute Gasteiger partial charge is 0.458 e. The molecule has 4 amide bonds. The smallest absolute Gasteiger partial charge is 0.407 e. The number of azide groups is 1. The Bertz CT molecular complexity index is 3540. The van der Waals surface area contributed by atoms with Gasteiger partial charge >= 0.3 is 12.1 Å². The number of benzene rings is 3. The van der Waals surface area contributed by atoms with E-state index >= 15 is 4.39 Å². The third-order valence-electron chi connectivity index (χ3n) is 16.8. The number of carbonyl (C=O) groups excluding carboxylic acids is 5. The molecule has 0 radical (unpaired) electrons. The lowest BCUT2D eigenvalue weighted by atomic mass is 9.81. The molecule has 0 spiro atoms. The van der Waals surface area contributed by atoms with Gasteiger partial charge in [0.15, 0.2) is 5.60 Å². The van der Waals surface area contributed by atoms with Crippen LogP contribution in [0.25, 0.3) is 32.7 Å². The molecule has 5 aromatic rings. The molecule has 4 heterocycles. The average Bonchev–Trinajstić information content (AvgIpc) is 1.49. The monoisotopic (exact) mass is 1370 g/mol. The molecule has 532 valence electrons. The van der Waals surface area contributed by atoms with E-state index < -0.39 is 64.9 Å². The van der Waals surface area contributed by atoms with Crippen LogP contribution in [0.2, 0.25) is 0 Å². The van der Waals surface area contributed by atoms with Gasteiger partial charge in [0.05, 0.1) is 154 Å². The third kappa shape index (κ3) is 22.0. The van der Waals surface area contributed by atoms with Crippen molar-refractivity contribution < 1.29 is 85.6 Å². The molecule has 3 aromatic carbocycles. The highest BCUT2D eigenvalue weighted by Gasteiger charge is 2.46. The summed E-state index contributed by atoms with van der Waals surface area (Å²) >= 11 is 0. The molecule has 3 aliphatic rings. The van der Waals surface area contributed by atoms with Crippen LogP contribution in [0.15, 0.2) is 76.6 Å². The normalized spacial score (nSPS) is 15.7. The van der Waals surface area contributed by atoms with Crippen molar-refractivity contribution in [1.29, 1.82) is 0 Å². The van der Waals surface area contributed by atoms with Crippen LogP contribution in [-0.2, 0) is 109 Å². The van der Waals surface area contributed by atoms with E-state index in [2.05, 4.69) is 36.6 Å². The fourth-order valence-corrected chi connectivity index (χ4v) is 11.6. The number of cyclic esters (lactones) is 1. The fourth-order valence-electron chi connectivity index (χ4n) is 11.6. The molecule has 4 atom stereocenters. The van der Waals surface area contributed by atoms with E-state index in [0.717, 1.165) is 17.5 Å². The topological polar surface area (TPSA) is 351 Å². The van der Waals surface area contributed by atoms with Crippen LogP contribution in [0.1, 0.15) is 96.0 Å². The van der Waals surface area contributed by atoms with Gasteiger partial charge in [-0.1, -0.05) is 54.5 Å². The lowest BCUT2D eigenvalue weighted by molar-refractivity contribution is -0.172. The summed E-state index contributed by atoms with van der Waals surface area (Å²) in [6.07, 6.45) is 1.83. The number of carbonyl (C=O) groups is 5. The molecule has 0 bridgehead atoms. The summed E-state index contributed by atoms with van der Waals surface area (Å²) in [7, 11) is 1.83. The Hall–Kier alpha value is -8.03. The quantitative estimate of drug-likeness (QED) is 0.00860. The Morgan fingerprint density at radius 1 is 0.755 bits per heavy atom. The van der Waals surface area contributed by atoms with Crippen molar-refractivity contribution in [3.8, 4) is 11.4 Å². The first kappa shape index (κ1) is 75.7. The maximum atomic E-state index is 15.5. The minimum absolute atomic E-state index is 0.0260. The Morgan fingerprint density at radius 3 is 1.95 bits per heavy atom. The number of fused-ring (bicyclic) bond motifs is 5. The van der Waals surface area contributed by atoms with Crippen LogP contribution >= 0.6 is 0 Å². The zero-order valence-corrected chi connectivity index (χ0v) is 56.0. The number of alkyl carbamates (subject to hydrolysis) is 1. The van der Waals surface area contributed by atoms with Gasteiger partial charge in [-0.25, -0.2) is 19.0 Å². The van der Waals surface area contributed by atoms with E-state index in [-0.39, 0.29) is 70.0 Å². The van der Waals surface area contributed by atoms with Crippen molar-refractivity contribution in [2.75, 3.05) is 144 Å². The van der Waals surface area contributed by atoms with E-state index in [1.807, 2.05) is 37.4 Å². The molecule has 98 heavy (non-hydrogen) atoms. The second kappa shape index (κ2) is 40.1. The van der Waals surface area contributed by atoms with Crippen LogP contribution in [0.3, 0.4) is 0 Å². The lowest BCUT2D eigenvalue weighted by Crippen LogP contribution is -2.53. The number of halogens is 1. The third-order valence-corrected chi connectivity index (χ3v) is 16.8. The molecule has 28 nitrogen and oxygen atoms in total. The van der Waals surface area contributed by atoms with Crippen LogP contribution < -0.4 is 32.1 Å². The first-order valence-electron chi connectivity index (χ1n) is 33.4. The zero-order chi connectivity index (χ0) is 69.5. The predicted octanol–water partition coefficient (Wildman–Crippen LogP) is 5.83. The number of pyridine rings is 2. The number of nitrogens with zero attached hydrogens (tertiary/aromatic N) is 5. The van der Waals surface area contributed by atoms with Crippen molar-refractivity contribution in [3.63, 3.8) is 0 Å². The number of ether oxygens (including phenoxy) is 11. The lowest BCUT2D eigenvalue weighted by Gasteiger charge is -2.31. The van der Waals surface area contributed by atoms with Crippen LogP contribution in [-0.4, -0.2) is 196 Å². The van der Waals surface area contributed by atoms with Gasteiger partial charge < -0.3 is 88.4 Å². The highest BCUT2D eigenvalue weighted by molar-refractivity contribution is 5.99. The van der Waals surface area contributed by atoms with E-state index in [9.17, 15) is 33.9 Å². The van der Waals surface area contributed by atoms with Gasteiger partial charge in [0, 0.05) is 52.6 Å². The summed E-state index contributed by atoms with van der Waals surface area (Å²) in [5, 5.41) is 30.3. The molecule has 29 heteroatoms. The van der Waals surface area contributed by atoms with Crippen molar-refractivity contribution in [2.45, 2.75) is 109 Å². The molecule has 0 saturated heterocycles. The van der Waals surface area contributed by atoms with E-state index in [0.29, 0.717) is 188 Å². The summed E-state index contributed by atoms with van der Waals surface area (Å²) in [5.74, 6) is -2.71. The number of aryl methyl sites for hydroxylation is 1. The van der Waals surface area contributed by atoms with Gasteiger partial charge in [0.2, 0.25) is 17.7 Å². The molecule has 6 N–H and O–H groups in total. The molecular formula is C69H91FN10O18. The standard InChI is InChI=1S/C69H91FN10O18/c1-4-69(87)53-41-59-63-51(43-80(59)66(84)52(53)45-97-67(69)85)62-55(18-17-50-46(2)54(70)42-57(76-63)61(50)62)78-68(86)98-44-48-13-15-49(16-14-48)74-64(82)56(12-8-9-20-72-3)77-65(83)58(40-47-10-6-5-7-11-47)75-60(81)19-22-88-24-26-90-28-30-92-32-34-94-36-38-96-39-37-95-35-33-93-31-29-91-27-25-89-23-21-73-79-71/h5-7,10-11,13-16,41-42,55-56,58,72,87H,4,8-9,12,17-40,43-45H2,1-3H3,(H,74,82)(H,75,81)(H,77,83)(H,78,86)/t55-,56-,58-,69-/m0/s1. The minimum atomic E-state index is -2.04. The van der Waals surface area contributed by atoms with Crippen LogP contribution in [0.4, 0.5) is 14.9 Å². The van der Waals surface area contributed by atoms with Gasteiger partial charge in [0.1, 0.15) is 31.1 Å². The van der Waals surface area contributed by atoms with Gasteiger partial charge in [-0.15, -0.1) is 0 Å². The van der Waals surface area contributed by atoms with Crippen molar-refractivity contribution in [2.24, 2.45) is 5.11 Å². The summed E-state index contributed by atoms with van der Waals surface area (Å²) in [6, 6.07) is 16.3. The molecule has 2 aliphatic heterocycles. The summed E-state index contributed by atoms with van der Waals surface area (Å²) < 4.78 is 77.5. The molecular weight excluding hydrogens is 1280 g/mol. The summed E-state index contributed by atoms with van der Waals surface area (Å²) in [6.45, 7) is 10.7. The summed E-state index contributed by atoms with van der Waals surface area (Å²) in [4.78, 5) is 89.8. The number of amides is 4. The SMILES string of the molecule is CC[C@@]1(O)C(=O)OCc2c1cc1n(c2=O)Cc2c-1nc1cc(F)c(C)c3c1c2[C@@H](NC(=O)OCc1ccc(NC(=O)[C@H](CCCCNC)NC(=O)[C@H](Cc2ccccc2)NC(=O)CCOCCOCCOCCOCCOCCOCCOCCOCCOCCN=[N+]=[N-])cc1)CC3. The Morgan fingerprint density at radius 2 is 1.36 bits per heavy atom. The second-order valence-electron chi connectivity index (χ2n) is 23.5. The number of aliphatic hydroxyl groups is 1. The summed E-state index contributed by atoms with van der Waals surface area (Å²) in [5.41, 5.74) is 11.5. The number of esters is 1. The first-order valence-corrected chi connectivity index (χ1v) is 33.4. The van der Waals surface area contributed by atoms with Gasteiger partial charge in [-0.2, -0.15) is 0 Å².